The summed E-state index contributed by atoms with van der Waals surface area (Å²) >= 11 is 0. The summed E-state index contributed by atoms with van der Waals surface area (Å²) in [5.41, 5.74) is -0.363. The van der Waals surface area contributed by atoms with Gasteiger partial charge in [0, 0.05) is 6.42 Å². The zero-order valence-electron chi connectivity index (χ0n) is 9.42. The van der Waals surface area contributed by atoms with E-state index in [-0.39, 0.29) is 17.3 Å². The summed E-state index contributed by atoms with van der Waals surface area (Å²) in [5, 5.41) is 9.04. The number of rotatable bonds is 3. The Labute approximate surface area is 88.1 Å². The third-order valence-electron chi connectivity index (χ3n) is 1.63. The van der Waals surface area contributed by atoms with Crippen molar-refractivity contribution >= 4 is 0 Å². The van der Waals surface area contributed by atoms with Crippen molar-refractivity contribution in [3.8, 4) is 0 Å². The monoisotopic (exact) mass is 221 g/mol. The summed E-state index contributed by atoms with van der Waals surface area (Å²) in [7, 11) is 0. The van der Waals surface area contributed by atoms with Crippen LogP contribution in [-0.4, -0.2) is 10.1 Å². The molecule has 88 valence electrons. The molecule has 1 aromatic heterocycles. The van der Waals surface area contributed by atoms with Crippen LogP contribution in [0.2, 0.25) is 0 Å². The van der Waals surface area contributed by atoms with Gasteiger partial charge in [-0.05, 0) is 6.92 Å². The highest BCUT2D eigenvalue weighted by Crippen LogP contribution is 2.25. The molecule has 0 spiro atoms. The van der Waals surface area contributed by atoms with E-state index >= 15 is 0 Å². The van der Waals surface area contributed by atoms with Crippen LogP contribution in [0, 0.1) is 0 Å². The molecule has 0 saturated carbocycles. The summed E-state index contributed by atoms with van der Waals surface area (Å²) in [6.07, 6.45) is -3.25. The van der Waals surface area contributed by atoms with Gasteiger partial charge in [-0.15, -0.1) is 0 Å². The Balaban J connectivity index is 0.000000921. The molecule has 0 aliphatic heterocycles. The van der Waals surface area contributed by atoms with Crippen LogP contribution in [0.1, 0.15) is 57.6 Å². The molecule has 0 saturated heterocycles. The molecular formula is C10H17F2NO2. The van der Waals surface area contributed by atoms with Gasteiger partial charge >= 0.3 is 0 Å². The maximum atomic E-state index is 12.3. The minimum atomic E-state index is -2.65. The molecule has 5 heteroatoms. The average Bonchev–Trinajstić information content (AvgIpc) is 2.64. The van der Waals surface area contributed by atoms with Crippen LogP contribution >= 0.6 is 0 Å². The molecule has 0 radical (unpaired) electrons. The van der Waals surface area contributed by atoms with Crippen molar-refractivity contribution in [2.75, 3.05) is 0 Å². The van der Waals surface area contributed by atoms with E-state index in [0.29, 0.717) is 6.42 Å². The van der Waals surface area contributed by atoms with Gasteiger partial charge in [0.1, 0.15) is 17.6 Å². The Bertz CT molecular complexity index is 285. The van der Waals surface area contributed by atoms with Crippen LogP contribution in [0.25, 0.3) is 0 Å². The van der Waals surface area contributed by atoms with Crippen molar-refractivity contribution in [1.82, 2.24) is 4.98 Å². The van der Waals surface area contributed by atoms with Crippen molar-refractivity contribution in [2.45, 2.75) is 46.6 Å². The number of nitrogens with zero attached hydrogens (tertiary/aromatic N) is 1. The summed E-state index contributed by atoms with van der Waals surface area (Å²) < 4.78 is 29.5. The summed E-state index contributed by atoms with van der Waals surface area (Å²) in [4.78, 5) is 3.51. The molecule has 0 bridgehead atoms. The van der Waals surface area contributed by atoms with E-state index in [2.05, 4.69) is 4.98 Å². The zero-order chi connectivity index (χ0) is 12.0. The molecular weight excluding hydrogens is 204 g/mol. The smallest absolute Gasteiger partial charge is 0.283 e. The van der Waals surface area contributed by atoms with Gasteiger partial charge in [0.25, 0.3) is 6.43 Å². The predicted molar refractivity (Wildman–Crippen MR) is 52.8 cm³/mol. The lowest BCUT2D eigenvalue weighted by Gasteiger charge is -1.94. The van der Waals surface area contributed by atoms with Gasteiger partial charge in [-0.2, -0.15) is 0 Å². The standard InChI is InChI=1S/C8H11F2NO2.C2H6/c1-3-5-6(7(9)10)11-8(13-5)4(2)12;1-2/h4,7,12H,3H2,1-2H3;1-2H3. The molecule has 0 aliphatic rings. The van der Waals surface area contributed by atoms with E-state index in [1.807, 2.05) is 13.8 Å². The summed E-state index contributed by atoms with van der Waals surface area (Å²) in [5.74, 6) is 0.0954. The highest BCUT2D eigenvalue weighted by Gasteiger charge is 2.21. The first-order valence-corrected chi connectivity index (χ1v) is 5.02. The number of aryl methyl sites for hydroxylation is 1. The number of aromatic nitrogens is 1. The number of oxazole rings is 1. The van der Waals surface area contributed by atoms with Crippen LogP contribution in [0.4, 0.5) is 8.78 Å². The first kappa shape index (κ1) is 14.0. The van der Waals surface area contributed by atoms with Crippen molar-refractivity contribution in [1.29, 1.82) is 0 Å². The molecule has 0 amide bonds. The molecule has 15 heavy (non-hydrogen) atoms. The van der Waals surface area contributed by atoms with E-state index in [9.17, 15) is 8.78 Å². The van der Waals surface area contributed by atoms with E-state index in [1.165, 1.54) is 6.92 Å². The van der Waals surface area contributed by atoms with E-state index in [1.54, 1.807) is 6.92 Å². The number of alkyl halides is 2. The lowest BCUT2D eigenvalue weighted by Crippen LogP contribution is -1.92. The molecule has 1 heterocycles. The molecule has 1 N–H and O–H groups in total. The van der Waals surface area contributed by atoms with E-state index in [4.69, 9.17) is 9.52 Å². The lowest BCUT2D eigenvalue weighted by atomic mass is 10.3. The van der Waals surface area contributed by atoms with Crippen molar-refractivity contribution in [3.05, 3.63) is 17.3 Å². The Hall–Kier alpha value is -0.970. The first-order chi connectivity index (χ1) is 7.06. The summed E-state index contributed by atoms with van der Waals surface area (Å²) in [6, 6.07) is 0. The van der Waals surface area contributed by atoms with Gasteiger partial charge in [0.15, 0.2) is 0 Å². The molecule has 1 unspecified atom stereocenters. The quantitative estimate of drug-likeness (QED) is 0.852. The van der Waals surface area contributed by atoms with E-state index < -0.39 is 12.5 Å². The second-order valence-corrected chi connectivity index (χ2v) is 2.69. The van der Waals surface area contributed by atoms with Crippen molar-refractivity contribution in [2.24, 2.45) is 0 Å². The Morgan fingerprint density at radius 3 is 2.20 bits per heavy atom. The minimum Gasteiger partial charge on any atom is -0.442 e. The summed E-state index contributed by atoms with van der Waals surface area (Å²) in [6.45, 7) is 7.11. The minimum absolute atomic E-state index is 0.0489. The first-order valence-electron chi connectivity index (χ1n) is 5.02. The normalized spacial score (nSPS) is 12.3. The highest BCUT2D eigenvalue weighted by atomic mass is 19.3. The highest BCUT2D eigenvalue weighted by molar-refractivity contribution is 5.12. The molecule has 0 aliphatic carbocycles. The van der Waals surface area contributed by atoms with Gasteiger partial charge in [-0.25, -0.2) is 13.8 Å². The van der Waals surface area contributed by atoms with Gasteiger partial charge in [0.05, 0.1) is 0 Å². The Kier molecular flexibility index (Phi) is 6.08. The molecule has 1 aromatic rings. The van der Waals surface area contributed by atoms with Gasteiger partial charge in [-0.1, -0.05) is 20.8 Å². The number of halogens is 2. The molecule has 1 atom stereocenters. The van der Waals surface area contributed by atoms with Crippen LogP contribution in [0.3, 0.4) is 0 Å². The number of aliphatic hydroxyl groups excluding tert-OH is 1. The lowest BCUT2D eigenvalue weighted by molar-refractivity contribution is 0.144. The molecule has 0 aromatic carbocycles. The van der Waals surface area contributed by atoms with Crippen LogP contribution in [-0.2, 0) is 6.42 Å². The molecule has 3 nitrogen and oxygen atoms in total. The molecule has 0 fully saturated rings. The van der Waals surface area contributed by atoms with E-state index in [0.717, 1.165) is 0 Å². The maximum Gasteiger partial charge on any atom is 0.283 e. The van der Waals surface area contributed by atoms with Crippen LogP contribution < -0.4 is 0 Å². The maximum absolute atomic E-state index is 12.3. The van der Waals surface area contributed by atoms with Gasteiger partial charge < -0.3 is 9.52 Å². The van der Waals surface area contributed by atoms with Crippen LogP contribution in [0.15, 0.2) is 4.42 Å². The van der Waals surface area contributed by atoms with Gasteiger partial charge in [0.2, 0.25) is 5.89 Å². The number of aliphatic hydroxyl groups is 1. The Morgan fingerprint density at radius 2 is 1.93 bits per heavy atom. The SMILES string of the molecule is CC.CCc1oc(C(C)O)nc1C(F)F. The third kappa shape index (κ3) is 3.58. The Morgan fingerprint density at radius 1 is 1.40 bits per heavy atom. The molecule has 1 rings (SSSR count). The third-order valence-corrected chi connectivity index (χ3v) is 1.63. The second-order valence-electron chi connectivity index (χ2n) is 2.69. The number of hydrogen-bond acceptors (Lipinski definition) is 3. The largest absolute Gasteiger partial charge is 0.442 e. The van der Waals surface area contributed by atoms with Crippen molar-refractivity contribution in [3.63, 3.8) is 0 Å². The average molecular weight is 221 g/mol. The fraction of sp³-hybridized carbons (Fsp3) is 0.700. The second kappa shape index (κ2) is 6.50. The fourth-order valence-corrected chi connectivity index (χ4v) is 0.985. The van der Waals surface area contributed by atoms with Crippen LogP contribution in [0.5, 0.6) is 0 Å². The topological polar surface area (TPSA) is 46.3 Å². The predicted octanol–water partition coefficient (Wildman–Crippen LogP) is 3.25. The van der Waals surface area contributed by atoms with Crippen molar-refractivity contribution < 1.29 is 18.3 Å². The number of hydrogen-bond donors (Lipinski definition) is 1. The zero-order valence-corrected chi connectivity index (χ0v) is 9.42. The fourth-order valence-electron chi connectivity index (χ4n) is 0.985. The van der Waals surface area contributed by atoms with Gasteiger partial charge in [-0.3, -0.25) is 0 Å².